The minimum absolute atomic E-state index is 0.645. The highest BCUT2D eigenvalue weighted by molar-refractivity contribution is 6.36. The lowest BCUT2D eigenvalue weighted by molar-refractivity contribution is 1.12. The summed E-state index contributed by atoms with van der Waals surface area (Å²) in [5, 5.41) is 4.60. The van der Waals surface area contributed by atoms with Crippen molar-refractivity contribution in [2.75, 3.05) is 5.32 Å². The normalized spacial score (nSPS) is 10.3. The van der Waals surface area contributed by atoms with Gasteiger partial charge in [-0.3, -0.25) is 0 Å². The molecule has 0 spiro atoms. The van der Waals surface area contributed by atoms with Crippen molar-refractivity contribution in [1.29, 1.82) is 0 Å². The molecule has 88 valence electrons. The standard InChI is InChI=1S/C14H13Cl2N/c1-10-4-2-3-5-11(10)9-17-14-7-6-12(15)8-13(14)16/h2-8,17H,9H2,1H3. The highest BCUT2D eigenvalue weighted by Crippen LogP contribution is 2.25. The fourth-order valence-corrected chi connectivity index (χ4v) is 2.11. The van der Waals surface area contributed by atoms with Crippen molar-refractivity contribution in [2.24, 2.45) is 0 Å². The third-order valence-corrected chi connectivity index (χ3v) is 3.21. The van der Waals surface area contributed by atoms with Crippen LogP contribution in [-0.4, -0.2) is 0 Å². The number of rotatable bonds is 3. The van der Waals surface area contributed by atoms with Gasteiger partial charge < -0.3 is 5.32 Å². The molecule has 0 radical (unpaired) electrons. The molecule has 0 atom stereocenters. The molecule has 2 aromatic rings. The number of hydrogen-bond donors (Lipinski definition) is 1. The maximum atomic E-state index is 6.09. The molecule has 1 N–H and O–H groups in total. The second-order valence-electron chi connectivity index (χ2n) is 3.90. The molecule has 0 unspecified atom stereocenters. The van der Waals surface area contributed by atoms with Gasteiger partial charge in [0, 0.05) is 11.6 Å². The lowest BCUT2D eigenvalue weighted by Gasteiger charge is -2.10. The second kappa shape index (κ2) is 5.44. The lowest BCUT2D eigenvalue weighted by Crippen LogP contribution is -2.01. The van der Waals surface area contributed by atoms with Crippen LogP contribution in [0.15, 0.2) is 42.5 Å². The average Bonchev–Trinajstić information content (AvgIpc) is 2.30. The Morgan fingerprint density at radius 3 is 2.53 bits per heavy atom. The van der Waals surface area contributed by atoms with Crippen molar-refractivity contribution >= 4 is 28.9 Å². The molecule has 1 nitrogen and oxygen atoms in total. The first kappa shape index (κ1) is 12.3. The van der Waals surface area contributed by atoms with E-state index in [1.165, 1.54) is 11.1 Å². The summed E-state index contributed by atoms with van der Waals surface area (Å²) in [6.07, 6.45) is 0. The monoisotopic (exact) mass is 265 g/mol. The van der Waals surface area contributed by atoms with Crippen molar-refractivity contribution in [2.45, 2.75) is 13.5 Å². The Balaban J connectivity index is 2.10. The van der Waals surface area contributed by atoms with Crippen LogP contribution in [0, 0.1) is 6.92 Å². The highest BCUT2D eigenvalue weighted by Gasteiger charge is 2.01. The summed E-state index contributed by atoms with van der Waals surface area (Å²) in [5.41, 5.74) is 3.43. The molecule has 0 aromatic heterocycles. The van der Waals surface area contributed by atoms with Crippen molar-refractivity contribution < 1.29 is 0 Å². The number of anilines is 1. The molecule has 0 saturated heterocycles. The molecule has 0 saturated carbocycles. The van der Waals surface area contributed by atoms with Crippen LogP contribution in [0.3, 0.4) is 0 Å². The molecule has 0 aliphatic heterocycles. The van der Waals surface area contributed by atoms with Gasteiger partial charge in [-0.15, -0.1) is 0 Å². The zero-order valence-electron chi connectivity index (χ0n) is 9.50. The predicted molar refractivity (Wildman–Crippen MR) is 75.0 cm³/mol. The van der Waals surface area contributed by atoms with Crippen LogP contribution >= 0.6 is 23.2 Å². The van der Waals surface area contributed by atoms with Gasteiger partial charge in [0.2, 0.25) is 0 Å². The van der Waals surface area contributed by atoms with Gasteiger partial charge in [-0.1, -0.05) is 47.5 Å². The Morgan fingerprint density at radius 2 is 1.82 bits per heavy atom. The molecule has 3 heteroatoms. The van der Waals surface area contributed by atoms with E-state index in [4.69, 9.17) is 23.2 Å². The van der Waals surface area contributed by atoms with E-state index < -0.39 is 0 Å². The first-order valence-corrected chi connectivity index (χ1v) is 6.16. The SMILES string of the molecule is Cc1ccccc1CNc1ccc(Cl)cc1Cl. The van der Waals surface area contributed by atoms with Crippen LogP contribution in [-0.2, 0) is 6.54 Å². The van der Waals surface area contributed by atoms with E-state index in [0.29, 0.717) is 10.0 Å². The van der Waals surface area contributed by atoms with Crippen LogP contribution in [0.1, 0.15) is 11.1 Å². The third-order valence-electron chi connectivity index (χ3n) is 2.66. The number of hydrogen-bond acceptors (Lipinski definition) is 1. The van der Waals surface area contributed by atoms with Crippen molar-refractivity contribution in [3.63, 3.8) is 0 Å². The predicted octanol–water partition coefficient (Wildman–Crippen LogP) is 4.91. The van der Waals surface area contributed by atoms with E-state index >= 15 is 0 Å². The van der Waals surface area contributed by atoms with Gasteiger partial charge in [-0.2, -0.15) is 0 Å². The van der Waals surface area contributed by atoms with Gasteiger partial charge >= 0.3 is 0 Å². The van der Waals surface area contributed by atoms with Crippen molar-refractivity contribution in [3.8, 4) is 0 Å². The Labute approximate surface area is 111 Å². The van der Waals surface area contributed by atoms with Gasteiger partial charge in [0.25, 0.3) is 0 Å². The largest absolute Gasteiger partial charge is 0.380 e. The van der Waals surface area contributed by atoms with Crippen LogP contribution in [0.4, 0.5) is 5.69 Å². The minimum Gasteiger partial charge on any atom is -0.380 e. The maximum Gasteiger partial charge on any atom is 0.0652 e. The zero-order chi connectivity index (χ0) is 12.3. The number of benzene rings is 2. The number of halogens is 2. The van der Waals surface area contributed by atoms with E-state index in [9.17, 15) is 0 Å². The smallest absolute Gasteiger partial charge is 0.0652 e. The molecular weight excluding hydrogens is 253 g/mol. The van der Waals surface area contributed by atoms with Crippen LogP contribution in [0.2, 0.25) is 10.0 Å². The summed E-state index contributed by atoms with van der Waals surface area (Å²) < 4.78 is 0. The lowest BCUT2D eigenvalue weighted by atomic mass is 10.1. The van der Waals surface area contributed by atoms with Gasteiger partial charge in [-0.05, 0) is 36.2 Å². The third kappa shape index (κ3) is 3.15. The molecule has 0 aliphatic rings. The van der Waals surface area contributed by atoms with Gasteiger partial charge in [-0.25, -0.2) is 0 Å². The molecule has 0 bridgehead atoms. The minimum atomic E-state index is 0.645. The summed E-state index contributed by atoms with van der Waals surface area (Å²) in [4.78, 5) is 0. The molecule has 17 heavy (non-hydrogen) atoms. The fourth-order valence-electron chi connectivity index (χ4n) is 1.63. The van der Waals surface area contributed by atoms with E-state index in [1.807, 2.05) is 24.3 Å². The molecule has 0 amide bonds. The van der Waals surface area contributed by atoms with E-state index in [2.05, 4.69) is 24.4 Å². The zero-order valence-corrected chi connectivity index (χ0v) is 11.0. The Bertz CT molecular complexity index is 523. The second-order valence-corrected chi connectivity index (χ2v) is 4.75. The number of nitrogens with one attached hydrogen (secondary N) is 1. The maximum absolute atomic E-state index is 6.09. The Morgan fingerprint density at radius 1 is 1.06 bits per heavy atom. The van der Waals surface area contributed by atoms with Gasteiger partial charge in [0.15, 0.2) is 0 Å². The van der Waals surface area contributed by atoms with Gasteiger partial charge in [0.1, 0.15) is 0 Å². The summed E-state index contributed by atoms with van der Waals surface area (Å²) in [7, 11) is 0. The Kier molecular flexibility index (Phi) is 3.93. The van der Waals surface area contributed by atoms with E-state index in [1.54, 1.807) is 6.07 Å². The van der Waals surface area contributed by atoms with Crippen LogP contribution in [0.5, 0.6) is 0 Å². The van der Waals surface area contributed by atoms with Crippen molar-refractivity contribution in [3.05, 3.63) is 63.6 Å². The summed E-state index contributed by atoms with van der Waals surface area (Å²) in [6.45, 7) is 2.86. The van der Waals surface area contributed by atoms with Crippen molar-refractivity contribution in [1.82, 2.24) is 0 Å². The number of aryl methyl sites for hydroxylation is 1. The molecule has 0 fully saturated rings. The average molecular weight is 266 g/mol. The molecule has 0 aliphatic carbocycles. The van der Waals surface area contributed by atoms with Gasteiger partial charge in [0.05, 0.1) is 10.7 Å². The van der Waals surface area contributed by atoms with E-state index in [-0.39, 0.29) is 0 Å². The summed E-state index contributed by atoms with van der Waals surface area (Å²) in [6, 6.07) is 13.7. The van der Waals surface area contributed by atoms with Crippen LogP contribution < -0.4 is 5.32 Å². The quantitative estimate of drug-likeness (QED) is 0.831. The topological polar surface area (TPSA) is 12.0 Å². The summed E-state index contributed by atoms with van der Waals surface area (Å²) >= 11 is 11.9. The molecule has 0 heterocycles. The first-order chi connectivity index (χ1) is 8.16. The molecular formula is C14H13Cl2N. The summed E-state index contributed by atoms with van der Waals surface area (Å²) in [5.74, 6) is 0. The first-order valence-electron chi connectivity index (χ1n) is 5.40. The fraction of sp³-hybridized carbons (Fsp3) is 0.143. The molecule has 2 aromatic carbocycles. The highest BCUT2D eigenvalue weighted by atomic mass is 35.5. The van der Waals surface area contributed by atoms with E-state index in [0.717, 1.165) is 12.2 Å². The Hall–Kier alpha value is -1.18. The van der Waals surface area contributed by atoms with Crippen LogP contribution in [0.25, 0.3) is 0 Å². The molecule has 2 rings (SSSR count).